The number of pyridine rings is 1. The molecule has 0 atom stereocenters. The molecule has 1 fully saturated rings. The predicted octanol–water partition coefficient (Wildman–Crippen LogP) is 2.34. The van der Waals surface area contributed by atoms with Crippen molar-refractivity contribution in [3.05, 3.63) is 59.8 Å². The molecule has 1 aromatic carbocycles. The first-order valence-corrected chi connectivity index (χ1v) is 8.40. The van der Waals surface area contributed by atoms with Crippen molar-refractivity contribution in [1.29, 1.82) is 5.26 Å². The molecule has 1 aliphatic heterocycles. The molecule has 1 aromatic heterocycles. The van der Waals surface area contributed by atoms with Crippen molar-refractivity contribution in [1.82, 2.24) is 9.88 Å². The molecular formula is C19H21N5O. The molecular weight excluding hydrogens is 314 g/mol. The maximum Gasteiger partial charge on any atom is 0.128 e. The highest BCUT2D eigenvalue weighted by Crippen LogP contribution is 2.14. The first kappa shape index (κ1) is 16.9. The molecule has 6 nitrogen and oxygen atoms in total. The van der Waals surface area contributed by atoms with Gasteiger partial charge in [0.15, 0.2) is 0 Å². The van der Waals surface area contributed by atoms with Gasteiger partial charge >= 0.3 is 0 Å². The summed E-state index contributed by atoms with van der Waals surface area (Å²) in [6.07, 6.45) is 2.47. The largest absolute Gasteiger partial charge is 0.411 e. The predicted molar refractivity (Wildman–Crippen MR) is 97.0 cm³/mol. The molecule has 0 unspecified atom stereocenters. The summed E-state index contributed by atoms with van der Waals surface area (Å²) in [5.41, 5.74) is 1.99. The summed E-state index contributed by atoms with van der Waals surface area (Å²) in [6.45, 7) is 4.60. The van der Waals surface area contributed by atoms with Gasteiger partial charge in [-0.25, -0.2) is 4.98 Å². The molecule has 1 aliphatic rings. The lowest BCUT2D eigenvalue weighted by molar-refractivity contribution is 0.262. The van der Waals surface area contributed by atoms with Crippen molar-refractivity contribution in [2.45, 2.75) is 6.42 Å². The van der Waals surface area contributed by atoms with E-state index in [4.69, 9.17) is 5.26 Å². The third-order valence-electron chi connectivity index (χ3n) is 4.46. The van der Waals surface area contributed by atoms with Crippen molar-refractivity contribution in [2.24, 2.45) is 5.16 Å². The van der Waals surface area contributed by atoms with E-state index in [2.05, 4.69) is 26.0 Å². The summed E-state index contributed by atoms with van der Waals surface area (Å²) in [5, 5.41) is 21.8. The second-order valence-electron chi connectivity index (χ2n) is 6.01. The van der Waals surface area contributed by atoms with Crippen LogP contribution in [0.5, 0.6) is 0 Å². The minimum Gasteiger partial charge on any atom is -0.411 e. The van der Waals surface area contributed by atoms with E-state index < -0.39 is 0 Å². The third kappa shape index (κ3) is 4.34. The smallest absolute Gasteiger partial charge is 0.128 e. The van der Waals surface area contributed by atoms with Gasteiger partial charge in [0, 0.05) is 50.9 Å². The molecule has 0 amide bonds. The number of aromatic nitrogens is 1. The monoisotopic (exact) mass is 335 g/mol. The number of oxime groups is 1. The number of piperazine rings is 1. The third-order valence-corrected chi connectivity index (χ3v) is 4.46. The Morgan fingerprint density at radius 1 is 1.16 bits per heavy atom. The van der Waals surface area contributed by atoms with Gasteiger partial charge in [0.2, 0.25) is 0 Å². The van der Waals surface area contributed by atoms with E-state index >= 15 is 0 Å². The first-order valence-electron chi connectivity index (χ1n) is 8.40. The Kier molecular flexibility index (Phi) is 5.60. The highest BCUT2D eigenvalue weighted by atomic mass is 16.4. The number of hydrogen-bond acceptors (Lipinski definition) is 6. The van der Waals surface area contributed by atoms with E-state index in [-0.39, 0.29) is 0 Å². The molecule has 3 rings (SSSR count). The van der Waals surface area contributed by atoms with Gasteiger partial charge in [-0.05, 0) is 24.3 Å². The van der Waals surface area contributed by atoms with Crippen LogP contribution >= 0.6 is 0 Å². The normalized spacial score (nSPS) is 15.8. The fourth-order valence-electron chi connectivity index (χ4n) is 3.03. The molecule has 0 bridgehead atoms. The molecule has 128 valence electrons. The van der Waals surface area contributed by atoms with E-state index in [0.717, 1.165) is 44.1 Å². The standard InChI is InChI=1S/C19H21N5O/c20-15-16-4-3-5-17(14-16)18(22-25)7-9-23-10-12-24(13-11-23)19-6-1-2-8-21-19/h1-6,8,14,25H,7,9-13H2/b22-18+. The molecule has 0 spiro atoms. The zero-order chi connectivity index (χ0) is 17.5. The fourth-order valence-corrected chi connectivity index (χ4v) is 3.03. The summed E-state index contributed by atoms with van der Waals surface area (Å²) < 4.78 is 0. The maximum atomic E-state index is 9.33. The summed E-state index contributed by atoms with van der Waals surface area (Å²) in [5.74, 6) is 1.02. The lowest BCUT2D eigenvalue weighted by Crippen LogP contribution is -2.47. The molecule has 25 heavy (non-hydrogen) atoms. The molecule has 0 aliphatic carbocycles. The van der Waals surface area contributed by atoms with Crippen LogP contribution < -0.4 is 4.90 Å². The van der Waals surface area contributed by atoms with Crippen LogP contribution in [0.3, 0.4) is 0 Å². The average molecular weight is 335 g/mol. The number of nitrogens with zero attached hydrogens (tertiary/aromatic N) is 5. The van der Waals surface area contributed by atoms with Crippen molar-refractivity contribution in [2.75, 3.05) is 37.6 Å². The highest BCUT2D eigenvalue weighted by Gasteiger charge is 2.18. The van der Waals surface area contributed by atoms with Crippen molar-refractivity contribution < 1.29 is 5.21 Å². The van der Waals surface area contributed by atoms with Gasteiger partial charge in [0.1, 0.15) is 5.82 Å². The Balaban J connectivity index is 1.53. The first-order chi connectivity index (χ1) is 12.3. The molecule has 1 N–H and O–H groups in total. The molecule has 0 saturated carbocycles. The van der Waals surface area contributed by atoms with Crippen LogP contribution in [0.1, 0.15) is 17.5 Å². The Morgan fingerprint density at radius 3 is 2.68 bits per heavy atom. The van der Waals surface area contributed by atoms with Crippen LogP contribution in [0.2, 0.25) is 0 Å². The molecule has 6 heteroatoms. The Morgan fingerprint density at radius 2 is 2.00 bits per heavy atom. The maximum absolute atomic E-state index is 9.33. The lowest BCUT2D eigenvalue weighted by Gasteiger charge is -2.35. The van der Waals surface area contributed by atoms with Gasteiger partial charge < -0.3 is 10.1 Å². The van der Waals surface area contributed by atoms with Crippen LogP contribution in [-0.4, -0.2) is 53.5 Å². The highest BCUT2D eigenvalue weighted by molar-refractivity contribution is 6.00. The summed E-state index contributed by atoms with van der Waals surface area (Å²) >= 11 is 0. The second-order valence-corrected chi connectivity index (χ2v) is 6.01. The number of anilines is 1. The summed E-state index contributed by atoms with van der Waals surface area (Å²) in [7, 11) is 0. The van der Waals surface area contributed by atoms with Crippen LogP contribution in [-0.2, 0) is 0 Å². The van der Waals surface area contributed by atoms with Crippen molar-refractivity contribution in [3.8, 4) is 6.07 Å². The van der Waals surface area contributed by atoms with Gasteiger partial charge in [0.25, 0.3) is 0 Å². The van der Waals surface area contributed by atoms with E-state index in [1.54, 1.807) is 12.1 Å². The van der Waals surface area contributed by atoms with E-state index in [1.807, 2.05) is 36.5 Å². The topological polar surface area (TPSA) is 75.8 Å². The molecule has 2 aromatic rings. The molecule has 2 heterocycles. The van der Waals surface area contributed by atoms with Gasteiger partial charge in [-0.2, -0.15) is 5.26 Å². The molecule has 1 saturated heterocycles. The zero-order valence-corrected chi connectivity index (χ0v) is 14.0. The zero-order valence-electron chi connectivity index (χ0n) is 14.0. The molecule has 0 radical (unpaired) electrons. The van der Waals surface area contributed by atoms with Gasteiger partial charge in [-0.3, -0.25) is 4.90 Å². The number of hydrogen-bond donors (Lipinski definition) is 1. The van der Waals surface area contributed by atoms with Crippen molar-refractivity contribution >= 4 is 11.5 Å². The van der Waals surface area contributed by atoms with Gasteiger partial charge in [0.05, 0.1) is 17.3 Å². The second kappa shape index (κ2) is 8.27. The van der Waals surface area contributed by atoms with Gasteiger partial charge in [-0.15, -0.1) is 0 Å². The minimum absolute atomic E-state index is 0.572. The van der Waals surface area contributed by atoms with Crippen molar-refractivity contribution in [3.63, 3.8) is 0 Å². The van der Waals surface area contributed by atoms with Crippen LogP contribution in [0, 0.1) is 11.3 Å². The minimum atomic E-state index is 0.572. The Labute approximate surface area is 147 Å². The number of rotatable bonds is 5. The Hall–Kier alpha value is -2.91. The summed E-state index contributed by atoms with van der Waals surface area (Å²) in [6, 6.07) is 15.3. The van der Waals surface area contributed by atoms with E-state index in [9.17, 15) is 5.21 Å². The SMILES string of the molecule is N#Cc1cccc(/C(CCN2CCN(c3ccccn3)CC2)=N/O)c1. The summed E-state index contributed by atoms with van der Waals surface area (Å²) in [4.78, 5) is 9.05. The van der Waals surface area contributed by atoms with Crippen LogP contribution in [0.25, 0.3) is 0 Å². The van der Waals surface area contributed by atoms with E-state index in [0.29, 0.717) is 17.7 Å². The fraction of sp³-hybridized carbons (Fsp3) is 0.316. The average Bonchev–Trinajstić information content (AvgIpc) is 2.70. The van der Waals surface area contributed by atoms with Gasteiger partial charge in [-0.1, -0.05) is 23.4 Å². The Bertz CT molecular complexity index is 761. The lowest BCUT2D eigenvalue weighted by atomic mass is 10.0. The van der Waals surface area contributed by atoms with Crippen LogP contribution in [0.15, 0.2) is 53.8 Å². The quantitative estimate of drug-likeness (QED) is 0.516. The van der Waals surface area contributed by atoms with E-state index in [1.165, 1.54) is 0 Å². The van der Waals surface area contributed by atoms with Crippen LogP contribution in [0.4, 0.5) is 5.82 Å². The number of nitriles is 1. The number of benzene rings is 1.